The minimum absolute atomic E-state index is 0.159. The maximum atomic E-state index is 11.0. The Kier molecular flexibility index (Phi) is 2.93. The van der Waals surface area contributed by atoms with Gasteiger partial charge in [-0.1, -0.05) is 24.3 Å². The van der Waals surface area contributed by atoms with Gasteiger partial charge in [0.05, 0.1) is 10.3 Å². The number of ether oxygens (including phenoxy) is 1. The molecule has 17 heavy (non-hydrogen) atoms. The van der Waals surface area contributed by atoms with Crippen molar-refractivity contribution in [2.75, 3.05) is 0 Å². The number of hydrogen-bond acceptors (Lipinski definition) is 4. The van der Waals surface area contributed by atoms with Gasteiger partial charge in [-0.3, -0.25) is 10.1 Å². The van der Waals surface area contributed by atoms with E-state index >= 15 is 0 Å². The van der Waals surface area contributed by atoms with Crippen molar-refractivity contribution in [1.82, 2.24) is 0 Å². The Hall–Kier alpha value is -2.14. The molecule has 2 aromatic rings. The lowest BCUT2D eigenvalue weighted by Crippen LogP contribution is -2.00. The molecule has 5 nitrogen and oxygen atoms in total. The molecule has 0 atom stereocenters. The molecular formula is C11H6ClNO4. The van der Waals surface area contributed by atoms with Crippen LogP contribution in [0.3, 0.4) is 0 Å². The summed E-state index contributed by atoms with van der Waals surface area (Å²) in [4.78, 5) is 21.0. The third kappa shape index (κ3) is 2.19. The molecule has 0 radical (unpaired) electrons. The third-order valence-corrected chi connectivity index (χ3v) is 2.31. The lowest BCUT2D eigenvalue weighted by molar-refractivity contribution is -0.383. The molecule has 0 bridgehead atoms. The Balaban J connectivity index is 2.72. The maximum Gasteiger partial charge on any atom is 0.409 e. The lowest BCUT2D eigenvalue weighted by Gasteiger charge is -2.04. The molecule has 0 aliphatic carbocycles. The van der Waals surface area contributed by atoms with Gasteiger partial charge >= 0.3 is 11.1 Å². The quantitative estimate of drug-likeness (QED) is 0.465. The highest BCUT2D eigenvalue weighted by Gasteiger charge is 2.20. The fraction of sp³-hybridized carbons (Fsp3) is 0. The van der Waals surface area contributed by atoms with Gasteiger partial charge in [0.15, 0.2) is 0 Å². The first kappa shape index (κ1) is 11.3. The molecule has 2 aromatic carbocycles. The van der Waals surface area contributed by atoms with Gasteiger partial charge in [-0.05, 0) is 17.5 Å². The van der Waals surface area contributed by atoms with Crippen molar-refractivity contribution < 1.29 is 14.5 Å². The number of nitrogens with zero attached hydrogens (tertiary/aromatic N) is 1. The van der Waals surface area contributed by atoms with Crippen LogP contribution in [0.1, 0.15) is 0 Å². The second-order valence-electron chi connectivity index (χ2n) is 3.23. The van der Waals surface area contributed by atoms with Crippen LogP contribution in [-0.4, -0.2) is 10.4 Å². The minimum atomic E-state index is -1.11. The van der Waals surface area contributed by atoms with Crippen molar-refractivity contribution in [2.45, 2.75) is 0 Å². The molecule has 0 saturated heterocycles. The van der Waals surface area contributed by atoms with Crippen LogP contribution in [-0.2, 0) is 0 Å². The molecule has 0 heterocycles. The summed E-state index contributed by atoms with van der Waals surface area (Å²) in [6.07, 6.45) is 0. The summed E-state index contributed by atoms with van der Waals surface area (Å²) >= 11 is 5.06. The lowest BCUT2D eigenvalue weighted by atomic mass is 10.1. The van der Waals surface area contributed by atoms with Gasteiger partial charge in [0, 0.05) is 11.6 Å². The Morgan fingerprint density at radius 2 is 1.94 bits per heavy atom. The van der Waals surface area contributed by atoms with Crippen molar-refractivity contribution in [3.05, 3.63) is 46.5 Å². The third-order valence-electron chi connectivity index (χ3n) is 2.24. The highest BCUT2D eigenvalue weighted by Crippen LogP contribution is 2.35. The van der Waals surface area contributed by atoms with Crippen molar-refractivity contribution >= 4 is 33.5 Å². The van der Waals surface area contributed by atoms with Crippen LogP contribution in [0.2, 0.25) is 0 Å². The Morgan fingerprint density at radius 3 is 2.59 bits per heavy atom. The zero-order chi connectivity index (χ0) is 12.4. The first-order valence-corrected chi connectivity index (χ1v) is 5.01. The number of halogens is 1. The molecule has 0 unspecified atom stereocenters. The van der Waals surface area contributed by atoms with Gasteiger partial charge in [0.25, 0.3) is 0 Å². The second kappa shape index (κ2) is 4.39. The number of nitro benzene ring substituents is 1. The number of fused-ring (bicyclic) bond motifs is 1. The van der Waals surface area contributed by atoms with E-state index in [1.165, 1.54) is 6.07 Å². The van der Waals surface area contributed by atoms with Crippen molar-refractivity contribution in [2.24, 2.45) is 0 Å². The normalized spacial score (nSPS) is 10.2. The highest BCUT2D eigenvalue weighted by atomic mass is 35.5. The molecule has 0 saturated carbocycles. The van der Waals surface area contributed by atoms with Crippen molar-refractivity contribution in [3.8, 4) is 5.75 Å². The zero-order valence-corrected chi connectivity index (χ0v) is 9.18. The van der Waals surface area contributed by atoms with Gasteiger partial charge in [-0.15, -0.1) is 0 Å². The molecule has 6 heteroatoms. The summed E-state index contributed by atoms with van der Waals surface area (Å²) in [5, 5.41) is 12.1. The molecule has 0 aliphatic heterocycles. The SMILES string of the molecule is O=C(Cl)Oc1ccc2ccccc2c1[N+](=O)[O-]. The minimum Gasteiger partial charge on any atom is -0.407 e. The molecular weight excluding hydrogens is 246 g/mol. The van der Waals surface area contributed by atoms with E-state index in [2.05, 4.69) is 4.74 Å². The van der Waals surface area contributed by atoms with Gasteiger partial charge in [-0.2, -0.15) is 0 Å². The Labute approximate surface area is 101 Å². The smallest absolute Gasteiger partial charge is 0.407 e. The van der Waals surface area contributed by atoms with Crippen LogP contribution >= 0.6 is 11.6 Å². The average Bonchev–Trinajstić information content (AvgIpc) is 2.27. The summed E-state index contributed by atoms with van der Waals surface area (Å²) in [5.74, 6) is -0.159. The maximum absolute atomic E-state index is 11.0. The number of hydrogen-bond donors (Lipinski definition) is 0. The number of carbonyl (C=O) groups excluding carboxylic acids is 1. The zero-order valence-electron chi connectivity index (χ0n) is 8.42. The van der Waals surface area contributed by atoms with Crippen molar-refractivity contribution in [3.63, 3.8) is 0 Å². The fourth-order valence-corrected chi connectivity index (χ4v) is 1.68. The molecule has 0 fully saturated rings. The van der Waals surface area contributed by atoms with Gasteiger partial charge in [0.1, 0.15) is 0 Å². The van der Waals surface area contributed by atoms with Crippen LogP contribution in [0.5, 0.6) is 5.75 Å². The molecule has 86 valence electrons. The molecule has 0 aromatic heterocycles. The van der Waals surface area contributed by atoms with E-state index in [-0.39, 0.29) is 11.4 Å². The largest absolute Gasteiger partial charge is 0.409 e. The summed E-state index contributed by atoms with van der Waals surface area (Å²) in [6, 6.07) is 9.72. The first-order valence-electron chi connectivity index (χ1n) is 4.63. The summed E-state index contributed by atoms with van der Waals surface area (Å²) < 4.78 is 4.60. The molecule has 2 rings (SSSR count). The Morgan fingerprint density at radius 1 is 1.24 bits per heavy atom. The molecule has 0 spiro atoms. The van der Waals surface area contributed by atoms with E-state index in [0.29, 0.717) is 10.8 Å². The number of carbonyl (C=O) groups is 1. The predicted molar refractivity (Wildman–Crippen MR) is 62.5 cm³/mol. The van der Waals surface area contributed by atoms with E-state index in [9.17, 15) is 14.9 Å². The number of benzene rings is 2. The van der Waals surface area contributed by atoms with Crippen molar-refractivity contribution in [1.29, 1.82) is 0 Å². The van der Waals surface area contributed by atoms with Crippen LogP contribution in [0.15, 0.2) is 36.4 Å². The van der Waals surface area contributed by atoms with Crippen LogP contribution in [0.25, 0.3) is 10.8 Å². The number of nitro groups is 1. The van der Waals surface area contributed by atoms with Gasteiger partial charge in [0.2, 0.25) is 5.75 Å². The topological polar surface area (TPSA) is 69.4 Å². The van der Waals surface area contributed by atoms with Gasteiger partial charge < -0.3 is 4.74 Å². The summed E-state index contributed by atoms with van der Waals surface area (Å²) in [7, 11) is 0. The van der Waals surface area contributed by atoms with Crippen LogP contribution in [0.4, 0.5) is 10.5 Å². The van der Waals surface area contributed by atoms with E-state index in [4.69, 9.17) is 11.6 Å². The standard InChI is InChI=1S/C11H6ClNO4/c12-11(14)17-9-6-5-7-3-1-2-4-8(7)10(9)13(15)16/h1-6H. The average molecular weight is 252 g/mol. The highest BCUT2D eigenvalue weighted by molar-refractivity contribution is 6.61. The van der Waals surface area contributed by atoms with Gasteiger partial charge in [-0.25, -0.2) is 4.79 Å². The van der Waals surface area contributed by atoms with E-state index < -0.39 is 10.4 Å². The fourth-order valence-electron chi connectivity index (χ4n) is 1.59. The molecule has 0 aliphatic rings. The molecule has 0 N–H and O–H groups in total. The molecule has 0 amide bonds. The predicted octanol–water partition coefficient (Wildman–Crippen LogP) is 3.49. The monoisotopic (exact) mass is 251 g/mol. The van der Waals surface area contributed by atoms with Crippen LogP contribution in [0, 0.1) is 10.1 Å². The summed E-state index contributed by atoms with van der Waals surface area (Å²) in [6.45, 7) is 0. The van der Waals surface area contributed by atoms with E-state index in [0.717, 1.165) is 0 Å². The Bertz CT molecular complexity index is 611. The number of rotatable bonds is 2. The van der Waals surface area contributed by atoms with E-state index in [1.807, 2.05) is 0 Å². The summed E-state index contributed by atoms with van der Waals surface area (Å²) in [5.41, 5.74) is -1.37. The first-order chi connectivity index (χ1) is 8.09. The van der Waals surface area contributed by atoms with E-state index in [1.54, 1.807) is 30.3 Å². The second-order valence-corrected chi connectivity index (χ2v) is 3.54. The van der Waals surface area contributed by atoms with Crippen LogP contribution < -0.4 is 4.74 Å².